The minimum atomic E-state index is -0.195. The SMILES string of the molecule is CC(C(=O)NCc1ccccc1)N1CCN(C(=O)N2CCOCC2)CC1. The molecule has 0 aliphatic carbocycles. The van der Waals surface area contributed by atoms with Crippen molar-refractivity contribution in [1.82, 2.24) is 20.0 Å². The van der Waals surface area contributed by atoms with Crippen LogP contribution in [0.2, 0.25) is 0 Å². The average Bonchev–Trinajstić information content (AvgIpc) is 2.72. The van der Waals surface area contributed by atoms with Crippen molar-refractivity contribution in [3.8, 4) is 0 Å². The molecule has 1 unspecified atom stereocenters. The second-order valence-corrected chi connectivity index (χ2v) is 6.78. The lowest BCUT2D eigenvalue weighted by Crippen LogP contribution is -2.57. The van der Waals surface area contributed by atoms with E-state index in [1.54, 1.807) is 0 Å². The molecule has 2 fully saturated rings. The van der Waals surface area contributed by atoms with E-state index in [1.807, 2.05) is 47.1 Å². The zero-order valence-electron chi connectivity index (χ0n) is 15.4. The minimum absolute atomic E-state index is 0.0295. The number of urea groups is 1. The van der Waals surface area contributed by atoms with Gasteiger partial charge >= 0.3 is 6.03 Å². The number of carbonyl (C=O) groups is 2. The molecule has 2 saturated heterocycles. The van der Waals surface area contributed by atoms with Gasteiger partial charge in [0, 0.05) is 45.8 Å². The third-order valence-corrected chi connectivity index (χ3v) is 5.10. The van der Waals surface area contributed by atoms with Gasteiger partial charge in [0.25, 0.3) is 0 Å². The van der Waals surface area contributed by atoms with Crippen molar-refractivity contribution in [3.05, 3.63) is 35.9 Å². The third kappa shape index (κ3) is 4.74. The maximum atomic E-state index is 12.5. The van der Waals surface area contributed by atoms with Crippen molar-refractivity contribution in [3.63, 3.8) is 0 Å². The highest BCUT2D eigenvalue weighted by Gasteiger charge is 2.29. The highest BCUT2D eigenvalue weighted by Crippen LogP contribution is 2.10. The Morgan fingerprint density at radius 1 is 1.00 bits per heavy atom. The number of carbonyl (C=O) groups excluding carboxylic acids is 2. The van der Waals surface area contributed by atoms with Crippen LogP contribution in [-0.2, 0) is 16.1 Å². The molecule has 0 bridgehead atoms. The second kappa shape index (κ2) is 9.00. The average molecular weight is 360 g/mol. The monoisotopic (exact) mass is 360 g/mol. The first-order chi connectivity index (χ1) is 12.6. The van der Waals surface area contributed by atoms with Crippen LogP contribution in [0.25, 0.3) is 0 Å². The van der Waals surface area contributed by atoms with Crippen LogP contribution in [0.3, 0.4) is 0 Å². The van der Waals surface area contributed by atoms with Gasteiger partial charge in [-0.05, 0) is 12.5 Å². The van der Waals surface area contributed by atoms with Gasteiger partial charge in [0.05, 0.1) is 19.3 Å². The van der Waals surface area contributed by atoms with E-state index in [0.29, 0.717) is 45.9 Å². The second-order valence-electron chi connectivity index (χ2n) is 6.78. The van der Waals surface area contributed by atoms with Gasteiger partial charge in [0.15, 0.2) is 0 Å². The van der Waals surface area contributed by atoms with Crippen molar-refractivity contribution in [2.75, 3.05) is 52.5 Å². The van der Waals surface area contributed by atoms with E-state index in [1.165, 1.54) is 0 Å². The Balaban J connectivity index is 1.43. The fraction of sp³-hybridized carbons (Fsp3) is 0.579. The van der Waals surface area contributed by atoms with Crippen LogP contribution < -0.4 is 5.32 Å². The van der Waals surface area contributed by atoms with Crippen molar-refractivity contribution in [2.45, 2.75) is 19.5 Å². The molecule has 26 heavy (non-hydrogen) atoms. The number of benzene rings is 1. The molecule has 1 atom stereocenters. The summed E-state index contributed by atoms with van der Waals surface area (Å²) < 4.78 is 5.30. The lowest BCUT2D eigenvalue weighted by molar-refractivity contribution is -0.126. The Labute approximate surface area is 154 Å². The summed E-state index contributed by atoms with van der Waals surface area (Å²) in [6.07, 6.45) is 0. The summed E-state index contributed by atoms with van der Waals surface area (Å²) in [5, 5.41) is 3.00. The molecule has 1 aromatic rings. The molecule has 7 nitrogen and oxygen atoms in total. The summed E-state index contributed by atoms with van der Waals surface area (Å²) in [5.74, 6) is 0.0295. The van der Waals surface area contributed by atoms with Gasteiger partial charge in [-0.2, -0.15) is 0 Å². The van der Waals surface area contributed by atoms with E-state index in [4.69, 9.17) is 4.74 Å². The molecule has 0 saturated carbocycles. The summed E-state index contributed by atoms with van der Waals surface area (Å²) in [5.41, 5.74) is 1.09. The molecule has 2 heterocycles. The van der Waals surface area contributed by atoms with E-state index in [0.717, 1.165) is 18.7 Å². The number of nitrogens with zero attached hydrogens (tertiary/aromatic N) is 3. The van der Waals surface area contributed by atoms with Gasteiger partial charge in [0.1, 0.15) is 0 Å². The highest BCUT2D eigenvalue weighted by atomic mass is 16.5. The number of hydrogen-bond acceptors (Lipinski definition) is 4. The first-order valence-corrected chi connectivity index (χ1v) is 9.32. The Bertz CT molecular complexity index is 596. The van der Waals surface area contributed by atoms with Gasteiger partial charge in [0.2, 0.25) is 5.91 Å². The fourth-order valence-corrected chi connectivity index (χ4v) is 3.35. The standard InChI is InChI=1S/C19H28N4O3/c1-16(18(24)20-15-17-5-3-2-4-6-17)21-7-9-22(10-8-21)19(25)23-11-13-26-14-12-23/h2-6,16H,7-15H2,1H3,(H,20,24). The predicted octanol–water partition coefficient (Wildman–Crippen LogP) is 0.761. The van der Waals surface area contributed by atoms with E-state index >= 15 is 0 Å². The van der Waals surface area contributed by atoms with Gasteiger partial charge in [-0.25, -0.2) is 4.79 Å². The van der Waals surface area contributed by atoms with Crippen molar-refractivity contribution in [1.29, 1.82) is 0 Å². The van der Waals surface area contributed by atoms with Crippen LogP contribution in [0.15, 0.2) is 30.3 Å². The van der Waals surface area contributed by atoms with Gasteiger partial charge in [-0.15, -0.1) is 0 Å². The van der Waals surface area contributed by atoms with Crippen molar-refractivity contribution < 1.29 is 14.3 Å². The number of morpholine rings is 1. The number of rotatable bonds is 4. The summed E-state index contributed by atoms with van der Waals surface area (Å²) in [4.78, 5) is 30.8. The smallest absolute Gasteiger partial charge is 0.320 e. The number of hydrogen-bond donors (Lipinski definition) is 1. The number of amides is 3. The molecule has 3 rings (SSSR count). The number of ether oxygens (including phenoxy) is 1. The van der Waals surface area contributed by atoms with E-state index in [2.05, 4.69) is 10.2 Å². The summed E-state index contributed by atoms with van der Waals surface area (Å²) in [6.45, 7) is 7.79. The molecular formula is C19H28N4O3. The molecule has 142 valence electrons. The van der Waals surface area contributed by atoms with Crippen LogP contribution in [0.4, 0.5) is 4.79 Å². The molecule has 1 aromatic carbocycles. The van der Waals surface area contributed by atoms with Crippen LogP contribution >= 0.6 is 0 Å². The van der Waals surface area contributed by atoms with Crippen LogP contribution in [0.5, 0.6) is 0 Å². The predicted molar refractivity (Wildman–Crippen MR) is 98.7 cm³/mol. The van der Waals surface area contributed by atoms with E-state index < -0.39 is 0 Å². The Kier molecular flexibility index (Phi) is 6.46. The fourth-order valence-electron chi connectivity index (χ4n) is 3.35. The summed E-state index contributed by atoms with van der Waals surface area (Å²) >= 11 is 0. The van der Waals surface area contributed by atoms with Crippen molar-refractivity contribution >= 4 is 11.9 Å². The van der Waals surface area contributed by atoms with E-state index in [-0.39, 0.29) is 18.0 Å². The van der Waals surface area contributed by atoms with Gasteiger partial charge < -0.3 is 19.9 Å². The van der Waals surface area contributed by atoms with Gasteiger partial charge in [-0.1, -0.05) is 30.3 Å². The number of nitrogens with one attached hydrogen (secondary N) is 1. The lowest BCUT2D eigenvalue weighted by atomic mass is 10.2. The quantitative estimate of drug-likeness (QED) is 0.861. The molecule has 0 aromatic heterocycles. The Hall–Kier alpha value is -2.12. The number of piperazine rings is 1. The first kappa shape index (κ1) is 18.7. The molecule has 0 radical (unpaired) electrons. The Morgan fingerprint density at radius 3 is 2.27 bits per heavy atom. The molecular weight excluding hydrogens is 332 g/mol. The molecule has 0 spiro atoms. The van der Waals surface area contributed by atoms with Gasteiger partial charge in [-0.3, -0.25) is 9.69 Å². The molecule has 2 aliphatic heterocycles. The summed E-state index contributed by atoms with van der Waals surface area (Å²) in [7, 11) is 0. The normalized spacial score (nSPS) is 19.9. The van der Waals surface area contributed by atoms with E-state index in [9.17, 15) is 9.59 Å². The maximum absolute atomic E-state index is 12.5. The maximum Gasteiger partial charge on any atom is 0.320 e. The van der Waals surface area contributed by atoms with Crippen LogP contribution in [0.1, 0.15) is 12.5 Å². The largest absolute Gasteiger partial charge is 0.378 e. The molecule has 1 N–H and O–H groups in total. The third-order valence-electron chi connectivity index (χ3n) is 5.10. The van der Waals surface area contributed by atoms with Crippen molar-refractivity contribution in [2.24, 2.45) is 0 Å². The molecule has 3 amide bonds. The Morgan fingerprint density at radius 2 is 1.62 bits per heavy atom. The van der Waals surface area contributed by atoms with Crippen LogP contribution in [-0.4, -0.2) is 85.2 Å². The topological polar surface area (TPSA) is 65.1 Å². The highest BCUT2D eigenvalue weighted by molar-refractivity contribution is 5.81. The summed E-state index contributed by atoms with van der Waals surface area (Å²) in [6, 6.07) is 9.80. The van der Waals surface area contributed by atoms with Crippen LogP contribution in [0, 0.1) is 0 Å². The minimum Gasteiger partial charge on any atom is -0.378 e. The lowest BCUT2D eigenvalue weighted by Gasteiger charge is -2.40. The first-order valence-electron chi connectivity index (χ1n) is 9.32. The zero-order chi connectivity index (χ0) is 18.4. The molecule has 2 aliphatic rings. The zero-order valence-corrected chi connectivity index (χ0v) is 15.4. The molecule has 7 heteroatoms.